The molecule has 0 aliphatic heterocycles. The Morgan fingerprint density at radius 2 is 2.13 bits per heavy atom. The lowest BCUT2D eigenvalue weighted by Crippen LogP contribution is -2.20. The van der Waals surface area contributed by atoms with Gasteiger partial charge in [-0.3, -0.25) is 4.79 Å². The van der Waals surface area contributed by atoms with Gasteiger partial charge in [-0.15, -0.1) is 11.3 Å². The Morgan fingerprint density at radius 1 is 1.30 bits per heavy atom. The standard InChI is InChI=1S/C18H16N2O2S/c1-13-12-23-18(20-13)15-6-4-14(5-7-15)11-19-17(21)9-8-16-3-2-10-22-16/h2-10,12H,11H2,1H3,(H,19,21)/b9-8+. The molecule has 0 spiro atoms. The van der Waals surface area contributed by atoms with Gasteiger partial charge in [-0.1, -0.05) is 24.3 Å². The second-order valence-electron chi connectivity index (χ2n) is 5.06. The van der Waals surface area contributed by atoms with Gasteiger partial charge in [0.05, 0.1) is 6.26 Å². The molecule has 1 N–H and O–H groups in total. The number of amides is 1. The first kappa shape index (κ1) is 15.2. The van der Waals surface area contributed by atoms with E-state index >= 15 is 0 Å². The van der Waals surface area contributed by atoms with Crippen molar-refractivity contribution in [2.24, 2.45) is 0 Å². The summed E-state index contributed by atoms with van der Waals surface area (Å²) >= 11 is 1.63. The minimum absolute atomic E-state index is 0.152. The van der Waals surface area contributed by atoms with Crippen molar-refractivity contribution >= 4 is 23.3 Å². The number of carbonyl (C=O) groups excluding carboxylic acids is 1. The highest BCUT2D eigenvalue weighted by atomic mass is 32.1. The molecular weight excluding hydrogens is 308 g/mol. The van der Waals surface area contributed by atoms with Crippen molar-refractivity contribution in [2.45, 2.75) is 13.5 Å². The Bertz CT molecular complexity index is 802. The number of aryl methyl sites for hydroxylation is 1. The van der Waals surface area contributed by atoms with Crippen LogP contribution < -0.4 is 5.32 Å². The smallest absolute Gasteiger partial charge is 0.244 e. The van der Waals surface area contributed by atoms with Gasteiger partial charge >= 0.3 is 0 Å². The van der Waals surface area contributed by atoms with E-state index in [1.54, 1.807) is 35.8 Å². The molecule has 0 saturated heterocycles. The molecule has 23 heavy (non-hydrogen) atoms. The van der Waals surface area contributed by atoms with Gasteiger partial charge in [0.25, 0.3) is 0 Å². The van der Waals surface area contributed by atoms with Crippen molar-refractivity contribution in [2.75, 3.05) is 0 Å². The zero-order valence-corrected chi connectivity index (χ0v) is 13.5. The van der Waals surface area contributed by atoms with Gasteiger partial charge in [-0.25, -0.2) is 4.98 Å². The molecule has 116 valence electrons. The van der Waals surface area contributed by atoms with Crippen LogP contribution in [0.2, 0.25) is 0 Å². The Kier molecular flexibility index (Phi) is 4.68. The predicted molar refractivity (Wildman–Crippen MR) is 91.9 cm³/mol. The summed E-state index contributed by atoms with van der Waals surface area (Å²) in [4.78, 5) is 16.2. The zero-order chi connectivity index (χ0) is 16.1. The second-order valence-corrected chi connectivity index (χ2v) is 5.92. The number of thiazole rings is 1. The minimum Gasteiger partial charge on any atom is -0.465 e. The summed E-state index contributed by atoms with van der Waals surface area (Å²) in [5, 5.41) is 5.89. The van der Waals surface area contributed by atoms with Crippen LogP contribution in [0.3, 0.4) is 0 Å². The number of aromatic nitrogens is 1. The third-order valence-electron chi connectivity index (χ3n) is 3.23. The predicted octanol–water partition coefficient (Wildman–Crippen LogP) is 4.04. The van der Waals surface area contributed by atoms with E-state index in [1.165, 1.54) is 6.08 Å². The number of hydrogen-bond acceptors (Lipinski definition) is 4. The molecule has 5 heteroatoms. The van der Waals surface area contributed by atoms with Crippen molar-refractivity contribution in [1.29, 1.82) is 0 Å². The normalized spacial score (nSPS) is 11.0. The van der Waals surface area contributed by atoms with Crippen LogP contribution in [0.4, 0.5) is 0 Å². The lowest BCUT2D eigenvalue weighted by Gasteiger charge is -2.03. The lowest BCUT2D eigenvalue weighted by atomic mass is 10.1. The maximum Gasteiger partial charge on any atom is 0.244 e. The molecule has 0 aliphatic rings. The summed E-state index contributed by atoms with van der Waals surface area (Å²) in [5.74, 6) is 0.504. The van der Waals surface area contributed by atoms with E-state index < -0.39 is 0 Å². The molecule has 2 aromatic heterocycles. The number of nitrogens with one attached hydrogen (secondary N) is 1. The van der Waals surface area contributed by atoms with Gasteiger partial charge in [0.2, 0.25) is 5.91 Å². The quantitative estimate of drug-likeness (QED) is 0.721. The summed E-state index contributed by atoms with van der Waals surface area (Å²) < 4.78 is 5.13. The molecule has 1 amide bonds. The molecule has 3 rings (SSSR count). The highest BCUT2D eigenvalue weighted by molar-refractivity contribution is 7.13. The molecule has 0 radical (unpaired) electrons. The van der Waals surface area contributed by atoms with E-state index in [0.717, 1.165) is 21.8 Å². The molecule has 0 atom stereocenters. The highest BCUT2D eigenvalue weighted by Gasteiger charge is 2.03. The fourth-order valence-electron chi connectivity index (χ4n) is 2.04. The van der Waals surface area contributed by atoms with E-state index in [9.17, 15) is 4.79 Å². The molecule has 1 aromatic carbocycles. The monoisotopic (exact) mass is 324 g/mol. The van der Waals surface area contributed by atoms with Gasteiger partial charge in [-0.05, 0) is 30.7 Å². The molecule has 3 aromatic rings. The SMILES string of the molecule is Cc1csc(-c2ccc(CNC(=O)/C=C/c3ccco3)cc2)n1. The minimum atomic E-state index is -0.152. The number of benzene rings is 1. The molecule has 4 nitrogen and oxygen atoms in total. The van der Waals surface area contributed by atoms with Gasteiger partial charge in [0, 0.05) is 29.3 Å². The molecule has 0 saturated carbocycles. The van der Waals surface area contributed by atoms with Crippen molar-refractivity contribution in [3.8, 4) is 10.6 Å². The molecule has 0 aliphatic carbocycles. The number of rotatable bonds is 5. The number of hydrogen-bond donors (Lipinski definition) is 1. The first-order valence-electron chi connectivity index (χ1n) is 7.21. The summed E-state index contributed by atoms with van der Waals surface area (Å²) in [7, 11) is 0. The third-order valence-corrected chi connectivity index (χ3v) is 4.24. The van der Waals surface area contributed by atoms with E-state index in [2.05, 4.69) is 10.3 Å². The van der Waals surface area contributed by atoms with Crippen molar-refractivity contribution in [1.82, 2.24) is 10.3 Å². The fourth-order valence-corrected chi connectivity index (χ4v) is 2.85. The first-order valence-corrected chi connectivity index (χ1v) is 8.09. The Hall–Kier alpha value is -2.66. The van der Waals surface area contributed by atoms with E-state index in [-0.39, 0.29) is 5.91 Å². The summed E-state index contributed by atoms with van der Waals surface area (Å²) in [6.07, 6.45) is 4.68. The maximum absolute atomic E-state index is 11.8. The topological polar surface area (TPSA) is 55.1 Å². The van der Waals surface area contributed by atoms with Crippen LogP contribution in [0.25, 0.3) is 16.6 Å². The van der Waals surface area contributed by atoms with Crippen LogP contribution in [0, 0.1) is 6.92 Å². The highest BCUT2D eigenvalue weighted by Crippen LogP contribution is 2.23. The van der Waals surface area contributed by atoms with Gasteiger partial charge in [0.1, 0.15) is 10.8 Å². The number of nitrogens with zero attached hydrogens (tertiary/aromatic N) is 1. The fraction of sp³-hybridized carbons (Fsp3) is 0.111. The average molecular weight is 324 g/mol. The third kappa shape index (κ3) is 4.17. The van der Waals surface area contributed by atoms with E-state index in [4.69, 9.17) is 4.42 Å². The van der Waals surface area contributed by atoms with Crippen LogP contribution in [0.1, 0.15) is 17.0 Å². The second kappa shape index (κ2) is 7.07. The summed E-state index contributed by atoms with van der Waals surface area (Å²) in [6.45, 7) is 2.47. The van der Waals surface area contributed by atoms with Crippen molar-refractivity contribution in [3.05, 3.63) is 71.1 Å². The van der Waals surface area contributed by atoms with E-state index in [1.807, 2.05) is 36.6 Å². The number of carbonyl (C=O) groups is 1. The van der Waals surface area contributed by atoms with Crippen LogP contribution in [-0.2, 0) is 11.3 Å². The first-order chi connectivity index (χ1) is 11.2. The van der Waals surface area contributed by atoms with E-state index in [0.29, 0.717) is 12.3 Å². The van der Waals surface area contributed by atoms with Crippen molar-refractivity contribution in [3.63, 3.8) is 0 Å². The van der Waals surface area contributed by atoms with Crippen LogP contribution in [0.15, 0.2) is 58.5 Å². The van der Waals surface area contributed by atoms with Gasteiger partial charge in [0.15, 0.2) is 0 Å². The number of furan rings is 1. The molecule has 2 heterocycles. The van der Waals surface area contributed by atoms with Crippen LogP contribution in [0.5, 0.6) is 0 Å². The Morgan fingerprint density at radius 3 is 2.78 bits per heavy atom. The van der Waals surface area contributed by atoms with Gasteiger partial charge < -0.3 is 9.73 Å². The largest absolute Gasteiger partial charge is 0.465 e. The summed E-state index contributed by atoms with van der Waals surface area (Å²) in [6, 6.07) is 11.6. The maximum atomic E-state index is 11.8. The molecule has 0 unspecified atom stereocenters. The average Bonchev–Trinajstić information content (AvgIpc) is 3.23. The Labute approximate surface area is 138 Å². The molecular formula is C18H16N2O2S. The lowest BCUT2D eigenvalue weighted by molar-refractivity contribution is -0.116. The van der Waals surface area contributed by atoms with Gasteiger partial charge in [-0.2, -0.15) is 0 Å². The van der Waals surface area contributed by atoms with Crippen LogP contribution in [-0.4, -0.2) is 10.9 Å². The molecule has 0 bridgehead atoms. The zero-order valence-electron chi connectivity index (χ0n) is 12.7. The van der Waals surface area contributed by atoms with Crippen molar-refractivity contribution < 1.29 is 9.21 Å². The molecule has 0 fully saturated rings. The summed E-state index contributed by atoms with van der Waals surface area (Å²) in [5.41, 5.74) is 3.17. The van der Waals surface area contributed by atoms with Crippen LogP contribution >= 0.6 is 11.3 Å². The Balaban J connectivity index is 1.55.